The Bertz CT molecular complexity index is 1490. The lowest BCUT2D eigenvalue weighted by Crippen LogP contribution is -2.61. The molecule has 0 spiro atoms. The quantitative estimate of drug-likeness (QED) is 0.0102. The first kappa shape index (κ1) is 63.1. The number of esters is 2. The number of aliphatic hydroxyl groups excluding tert-OH is 7. The zero-order valence-electron chi connectivity index (χ0n) is 42.5. The maximum atomic E-state index is 13.0. The molecule has 2 aliphatic rings. The highest BCUT2D eigenvalue weighted by Crippen LogP contribution is 2.26. The molecule has 0 aromatic rings. The molecule has 15 nitrogen and oxygen atoms in total. The molecule has 2 rings (SSSR count). The summed E-state index contributed by atoms with van der Waals surface area (Å²) >= 11 is 0. The van der Waals surface area contributed by atoms with E-state index in [0.29, 0.717) is 6.42 Å². The maximum absolute atomic E-state index is 13.0. The van der Waals surface area contributed by atoms with E-state index in [1.807, 2.05) is 6.08 Å². The lowest BCUT2D eigenvalue weighted by atomic mass is 9.98. The minimum Gasteiger partial charge on any atom is -0.458 e. The van der Waals surface area contributed by atoms with Gasteiger partial charge in [-0.05, 0) is 64.2 Å². The molecule has 0 aromatic heterocycles. The summed E-state index contributed by atoms with van der Waals surface area (Å²) in [5.74, 6) is -1.22. The van der Waals surface area contributed by atoms with Crippen molar-refractivity contribution >= 4 is 11.9 Å². The maximum Gasteiger partial charge on any atom is 0.330 e. The Morgan fingerprint density at radius 2 is 0.957 bits per heavy atom. The van der Waals surface area contributed by atoms with Gasteiger partial charge in [0.1, 0.15) is 55.4 Å². The van der Waals surface area contributed by atoms with E-state index in [1.165, 1.54) is 89.5 Å². The summed E-state index contributed by atoms with van der Waals surface area (Å²) in [6, 6.07) is 0. The van der Waals surface area contributed by atoms with E-state index < -0.39 is 99.3 Å². The van der Waals surface area contributed by atoms with E-state index in [4.69, 9.17) is 28.4 Å². The van der Waals surface area contributed by atoms with Gasteiger partial charge in [-0.1, -0.05) is 164 Å². The number of hydrogen-bond donors (Lipinski definition) is 7. The van der Waals surface area contributed by atoms with E-state index in [-0.39, 0.29) is 13.0 Å². The molecular weight excluding hydrogens is 901 g/mol. The van der Waals surface area contributed by atoms with Crippen molar-refractivity contribution < 1.29 is 73.8 Å². The number of carbonyl (C=O) groups is 2. The number of hydrogen-bond acceptors (Lipinski definition) is 15. The number of ether oxygens (including phenoxy) is 6. The number of rotatable bonds is 40. The zero-order chi connectivity index (χ0) is 51.0. The van der Waals surface area contributed by atoms with Crippen LogP contribution in [-0.4, -0.2) is 142 Å². The summed E-state index contributed by atoms with van der Waals surface area (Å²) in [4.78, 5) is 25.7. The Hall–Kier alpha value is -3.06. The second-order valence-electron chi connectivity index (χ2n) is 18.4. The summed E-state index contributed by atoms with van der Waals surface area (Å²) < 4.78 is 33.4. The van der Waals surface area contributed by atoms with Crippen LogP contribution in [0.5, 0.6) is 0 Å². The first-order valence-electron chi connectivity index (χ1n) is 26.6. The van der Waals surface area contributed by atoms with Crippen LogP contribution in [0, 0.1) is 0 Å². The Morgan fingerprint density at radius 1 is 0.500 bits per heavy atom. The molecule has 0 aromatic carbocycles. The van der Waals surface area contributed by atoms with Crippen molar-refractivity contribution in [3.8, 4) is 0 Å². The fraction of sp³-hybridized carbons (Fsp3) is 0.745. The smallest absolute Gasteiger partial charge is 0.330 e. The summed E-state index contributed by atoms with van der Waals surface area (Å²) in [5, 5.41) is 72.1. The van der Waals surface area contributed by atoms with E-state index in [9.17, 15) is 45.3 Å². The second kappa shape index (κ2) is 41.4. The molecule has 2 fully saturated rings. The molecule has 0 bridgehead atoms. The third-order valence-electron chi connectivity index (χ3n) is 12.3. The van der Waals surface area contributed by atoms with Crippen LogP contribution in [0.1, 0.15) is 168 Å². The van der Waals surface area contributed by atoms with Crippen molar-refractivity contribution in [2.24, 2.45) is 0 Å². The third kappa shape index (κ3) is 28.8. The van der Waals surface area contributed by atoms with Crippen molar-refractivity contribution in [2.75, 3.05) is 26.4 Å². The minimum atomic E-state index is -1.79. The van der Waals surface area contributed by atoms with Gasteiger partial charge in [0, 0.05) is 12.5 Å². The molecule has 70 heavy (non-hydrogen) atoms. The predicted octanol–water partition coefficient (Wildman–Crippen LogP) is 7.82. The summed E-state index contributed by atoms with van der Waals surface area (Å²) in [5.41, 5.74) is 0. The number of allylic oxidation sites excluding steroid dienone is 11. The topological polar surface area (TPSA) is 231 Å². The summed E-state index contributed by atoms with van der Waals surface area (Å²) in [7, 11) is 0. The molecule has 2 aliphatic heterocycles. The lowest BCUT2D eigenvalue weighted by molar-refractivity contribution is -0.332. The van der Waals surface area contributed by atoms with E-state index in [2.05, 4.69) is 62.5 Å². The highest BCUT2D eigenvalue weighted by Gasteiger charge is 2.47. The van der Waals surface area contributed by atoms with Crippen LogP contribution in [-0.2, 0) is 38.0 Å². The van der Waals surface area contributed by atoms with Crippen LogP contribution in [0.3, 0.4) is 0 Å². The van der Waals surface area contributed by atoms with Crippen LogP contribution in [0.4, 0.5) is 0 Å². The average Bonchev–Trinajstić information content (AvgIpc) is 3.35. The Kier molecular flexibility index (Phi) is 37.3. The highest BCUT2D eigenvalue weighted by molar-refractivity contribution is 5.82. The fourth-order valence-corrected chi connectivity index (χ4v) is 7.88. The normalized spacial score (nSPS) is 26.0. The van der Waals surface area contributed by atoms with Gasteiger partial charge in [-0.2, -0.15) is 0 Å². The van der Waals surface area contributed by atoms with Gasteiger partial charge in [0.05, 0.1) is 19.8 Å². The van der Waals surface area contributed by atoms with Crippen molar-refractivity contribution in [1.82, 2.24) is 0 Å². The van der Waals surface area contributed by atoms with Crippen LogP contribution in [0.25, 0.3) is 0 Å². The average molecular weight is 993 g/mol. The molecule has 0 aliphatic carbocycles. The second-order valence-corrected chi connectivity index (χ2v) is 18.4. The molecule has 2 heterocycles. The van der Waals surface area contributed by atoms with Gasteiger partial charge in [0.25, 0.3) is 0 Å². The van der Waals surface area contributed by atoms with E-state index in [1.54, 1.807) is 12.2 Å². The van der Waals surface area contributed by atoms with Crippen molar-refractivity contribution in [3.63, 3.8) is 0 Å². The standard InChI is InChI=1S/C55H92O15/c1-3-5-7-9-11-13-15-17-19-20-21-22-24-26-28-30-32-34-36-38-47(58)68-43(40-65-46(57)37-35-33-31-29-27-25-23-18-16-14-12-10-8-6-4-2)41-66-54-53(64)51(62)49(60)45(70-54)42-67-55-52(63)50(61)48(59)44(39-56)69-55/h11,13,17,19,21-22,26,28,31,33,35,37,43-45,48-56,59-64H,3-10,12,14-16,18,20,23-25,27,29-30,32,34,36,38-42H2,1-2H3/b13-11+,19-17+,22-21+,28-26+,33-31+,37-35+/t43-,44+,45+,48-,49-,50?,51?,52?,53?,54+,55+/m1/s1. The Balaban J connectivity index is 1.85. The molecule has 0 amide bonds. The van der Waals surface area contributed by atoms with Crippen LogP contribution in [0.15, 0.2) is 72.9 Å². The molecule has 402 valence electrons. The van der Waals surface area contributed by atoms with Crippen LogP contribution >= 0.6 is 0 Å². The first-order chi connectivity index (χ1) is 34.0. The van der Waals surface area contributed by atoms with E-state index >= 15 is 0 Å². The van der Waals surface area contributed by atoms with Crippen LogP contribution in [0.2, 0.25) is 0 Å². The highest BCUT2D eigenvalue weighted by atomic mass is 16.7. The molecule has 15 heteroatoms. The van der Waals surface area contributed by atoms with Gasteiger partial charge in [0.2, 0.25) is 0 Å². The van der Waals surface area contributed by atoms with Crippen LogP contribution < -0.4 is 0 Å². The monoisotopic (exact) mass is 993 g/mol. The predicted molar refractivity (Wildman–Crippen MR) is 270 cm³/mol. The summed E-state index contributed by atoms with van der Waals surface area (Å²) in [6.07, 6.45) is 32.7. The molecule has 0 saturated carbocycles. The molecule has 0 radical (unpaired) electrons. The number of unbranched alkanes of at least 4 members (excludes halogenated alkanes) is 17. The van der Waals surface area contributed by atoms with Gasteiger partial charge < -0.3 is 64.2 Å². The lowest BCUT2D eigenvalue weighted by Gasteiger charge is -2.42. The molecular formula is C55H92O15. The Labute approximate surface area is 419 Å². The molecule has 2 saturated heterocycles. The van der Waals surface area contributed by atoms with Gasteiger partial charge in [0.15, 0.2) is 18.7 Å². The van der Waals surface area contributed by atoms with Gasteiger partial charge in [-0.15, -0.1) is 0 Å². The van der Waals surface area contributed by atoms with Crippen molar-refractivity contribution in [3.05, 3.63) is 72.9 Å². The zero-order valence-corrected chi connectivity index (χ0v) is 42.5. The van der Waals surface area contributed by atoms with Crippen molar-refractivity contribution in [2.45, 2.75) is 235 Å². The SMILES string of the molecule is CCCCC/C=C/C/C=C/C/C=C/C/C=C/CCCCCC(=O)O[C@H](COC(=O)/C=C/C=C/CCCCCCCCCCCCC)CO[C@H]1O[C@@H](CO[C@H]2O[C@@H](CO)[C@@H](O)C(O)C2O)[C@@H](O)C(O)C1O. The van der Waals surface area contributed by atoms with Crippen molar-refractivity contribution in [1.29, 1.82) is 0 Å². The minimum absolute atomic E-state index is 0.105. The first-order valence-corrected chi connectivity index (χ1v) is 26.6. The summed E-state index contributed by atoms with van der Waals surface area (Å²) in [6.45, 7) is 2.40. The molecule has 11 atom stereocenters. The molecule has 7 N–H and O–H groups in total. The Morgan fingerprint density at radius 3 is 1.53 bits per heavy atom. The van der Waals surface area contributed by atoms with Gasteiger partial charge in [-0.3, -0.25) is 4.79 Å². The van der Waals surface area contributed by atoms with Gasteiger partial charge >= 0.3 is 11.9 Å². The largest absolute Gasteiger partial charge is 0.458 e. The molecule has 4 unspecified atom stereocenters. The number of aliphatic hydroxyl groups is 7. The fourth-order valence-electron chi connectivity index (χ4n) is 7.88. The van der Waals surface area contributed by atoms with Gasteiger partial charge in [-0.25, -0.2) is 4.79 Å². The van der Waals surface area contributed by atoms with E-state index in [0.717, 1.165) is 57.8 Å². The third-order valence-corrected chi connectivity index (χ3v) is 12.3. The number of carbonyl (C=O) groups excluding carboxylic acids is 2.